The van der Waals surface area contributed by atoms with Crippen molar-refractivity contribution in [1.29, 1.82) is 0 Å². The summed E-state index contributed by atoms with van der Waals surface area (Å²) in [6.45, 7) is 9.36. The van der Waals surface area contributed by atoms with Crippen molar-refractivity contribution in [3.63, 3.8) is 0 Å². The molecule has 0 saturated carbocycles. The third-order valence-corrected chi connectivity index (χ3v) is 17.3. The van der Waals surface area contributed by atoms with E-state index in [0.29, 0.717) is 0 Å². The fraction of sp³-hybridized carbons (Fsp3) is 0.556. The Labute approximate surface area is 195 Å². The van der Waals surface area contributed by atoms with Crippen molar-refractivity contribution < 1.29 is 3.76 Å². The second kappa shape index (κ2) is 14.5. The van der Waals surface area contributed by atoms with Gasteiger partial charge in [0, 0.05) is 0 Å². The van der Waals surface area contributed by atoms with Crippen LogP contribution in [0.25, 0.3) is 0 Å². The predicted molar refractivity (Wildman–Crippen MR) is 136 cm³/mol. The van der Waals surface area contributed by atoms with Crippen LogP contribution < -0.4 is 0 Å². The van der Waals surface area contributed by atoms with Gasteiger partial charge in [0.05, 0.1) is 0 Å². The van der Waals surface area contributed by atoms with Gasteiger partial charge in [0.2, 0.25) is 0 Å². The second-order valence-electron chi connectivity index (χ2n) is 8.36. The molecule has 0 bridgehead atoms. The number of unbranched alkanes of at least 4 members (excludes halogenated alkanes) is 2. The molecule has 0 amide bonds. The first-order valence-corrected chi connectivity index (χ1v) is 20.5. The van der Waals surface area contributed by atoms with Crippen LogP contribution >= 0.6 is 0 Å². The van der Waals surface area contributed by atoms with Gasteiger partial charge in [-0.1, -0.05) is 0 Å². The van der Waals surface area contributed by atoms with Crippen LogP contribution in [0.4, 0.5) is 0 Å². The van der Waals surface area contributed by atoms with Crippen molar-refractivity contribution in [2.45, 2.75) is 91.7 Å². The molecule has 0 aromatic heterocycles. The van der Waals surface area contributed by atoms with E-state index in [1.165, 1.54) is 69.5 Å². The van der Waals surface area contributed by atoms with Crippen molar-refractivity contribution in [3.05, 3.63) is 71.8 Å². The van der Waals surface area contributed by atoms with E-state index in [1.807, 2.05) is 0 Å². The van der Waals surface area contributed by atoms with E-state index in [1.54, 1.807) is 0 Å². The molecule has 0 atom stereocenters. The number of hydrogen-bond acceptors (Lipinski definition) is 1. The zero-order valence-corrected chi connectivity index (χ0v) is 23.9. The molecule has 0 unspecified atom stereocenters. The van der Waals surface area contributed by atoms with Gasteiger partial charge in [0.15, 0.2) is 0 Å². The second-order valence-corrected chi connectivity index (χ2v) is 20.3. The molecular formula is C27H42Ge2O. The average Bonchev–Trinajstić information content (AvgIpc) is 2.81. The minimum atomic E-state index is -1.55. The molecule has 0 spiro atoms. The summed E-state index contributed by atoms with van der Waals surface area (Å²) in [6.07, 6.45) is 6.69. The van der Waals surface area contributed by atoms with E-state index < -0.39 is 29.0 Å². The molecule has 2 aromatic rings. The van der Waals surface area contributed by atoms with E-state index in [9.17, 15) is 0 Å². The molecule has 0 saturated heterocycles. The Morgan fingerprint density at radius 1 is 0.667 bits per heavy atom. The third kappa shape index (κ3) is 7.56. The van der Waals surface area contributed by atoms with Crippen LogP contribution in [0.3, 0.4) is 0 Å². The first-order valence-electron chi connectivity index (χ1n) is 12.2. The topological polar surface area (TPSA) is 9.23 Å². The quantitative estimate of drug-likeness (QED) is 0.211. The predicted octanol–water partition coefficient (Wildman–Crippen LogP) is 8.46. The van der Waals surface area contributed by atoms with Crippen molar-refractivity contribution >= 4 is 29.0 Å². The molecule has 2 aromatic carbocycles. The van der Waals surface area contributed by atoms with Gasteiger partial charge in [0.25, 0.3) is 0 Å². The Morgan fingerprint density at radius 3 is 1.53 bits per heavy atom. The SMILES string of the molecule is CCC[CH2][Ge]([CH2]CCC)[CH2]CC([O][Ge]([CH2]C)[CH2]C)(c1ccccc1)c1ccccc1. The molecule has 1 nitrogen and oxygen atoms in total. The first-order chi connectivity index (χ1) is 14.7. The first kappa shape index (κ1) is 25.7. The van der Waals surface area contributed by atoms with E-state index in [-0.39, 0.29) is 5.60 Å². The summed E-state index contributed by atoms with van der Waals surface area (Å²) in [6, 6.07) is 22.3. The van der Waals surface area contributed by atoms with E-state index >= 15 is 0 Å². The van der Waals surface area contributed by atoms with Gasteiger partial charge < -0.3 is 0 Å². The van der Waals surface area contributed by atoms with Crippen LogP contribution in [0.2, 0.25) is 26.3 Å². The van der Waals surface area contributed by atoms with E-state index in [0.717, 1.165) is 0 Å². The van der Waals surface area contributed by atoms with Crippen molar-refractivity contribution in [2.75, 3.05) is 0 Å². The molecule has 3 heteroatoms. The number of rotatable bonds is 15. The Hall–Kier alpha value is -0.514. The van der Waals surface area contributed by atoms with Crippen molar-refractivity contribution in [3.8, 4) is 0 Å². The third-order valence-electron chi connectivity index (χ3n) is 6.19. The Kier molecular flexibility index (Phi) is 12.5. The van der Waals surface area contributed by atoms with E-state index in [2.05, 4.69) is 88.4 Å². The van der Waals surface area contributed by atoms with Crippen LogP contribution in [-0.2, 0) is 9.36 Å². The van der Waals surface area contributed by atoms with Crippen LogP contribution in [0.1, 0.15) is 70.9 Å². The van der Waals surface area contributed by atoms with Gasteiger partial charge in [-0.2, -0.15) is 0 Å². The zero-order chi connectivity index (χ0) is 21.7. The molecule has 0 fully saturated rings. The molecule has 0 aliphatic heterocycles. The van der Waals surface area contributed by atoms with Gasteiger partial charge >= 0.3 is 196 Å². The summed E-state index contributed by atoms with van der Waals surface area (Å²) in [7, 11) is 0. The summed E-state index contributed by atoms with van der Waals surface area (Å²) in [5.74, 6) is 0. The fourth-order valence-electron chi connectivity index (χ4n) is 4.26. The fourth-order valence-corrected chi connectivity index (χ4v) is 14.3. The van der Waals surface area contributed by atoms with Gasteiger partial charge in [-0.3, -0.25) is 0 Å². The molecule has 2 radical (unpaired) electrons. The monoisotopic (exact) mass is 530 g/mol. The summed E-state index contributed by atoms with van der Waals surface area (Å²) >= 11 is -2.60. The minimum absolute atomic E-state index is 0.249. The normalized spacial score (nSPS) is 12.1. The van der Waals surface area contributed by atoms with Gasteiger partial charge in [-0.05, 0) is 0 Å². The molecule has 0 N–H and O–H groups in total. The van der Waals surface area contributed by atoms with Gasteiger partial charge in [-0.25, -0.2) is 0 Å². The van der Waals surface area contributed by atoms with Crippen LogP contribution in [-0.4, -0.2) is 29.0 Å². The van der Waals surface area contributed by atoms with E-state index in [4.69, 9.17) is 3.76 Å². The van der Waals surface area contributed by atoms with Crippen LogP contribution in [0.5, 0.6) is 0 Å². The molecule has 0 aliphatic rings. The standard InChI is InChI=1S/C27H42Ge2O/c1-5-9-22-28(23-10-6-2)24-21-27(30-29(7-3)8-4,25-17-13-11-14-18-25)26-19-15-12-16-20-26/h11-20H,5-10,21-24H2,1-4H3. The maximum absolute atomic E-state index is 7.26. The zero-order valence-electron chi connectivity index (χ0n) is 19.8. The summed E-state index contributed by atoms with van der Waals surface area (Å²) in [5.41, 5.74) is 2.49. The maximum atomic E-state index is 7.26. The molecule has 30 heavy (non-hydrogen) atoms. The Morgan fingerprint density at radius 2 is 1.13 bits per heavy atom. The average molecular weight is 528 g/mol. The van der Waals surface area contributed by atoms with Gasteiger partial charge in [-0.15, -0.1) is 0 Å². The van der Waals surface area contributed by atoms with Crippen LogP contribution in [0.15, 0.2) is 60.7 Å². The summed E-state index contributed by atoms with van der Waals surface area (Å²) in [4.78, 5) is 0. The summed E-state index contributed by atoms with van der Waals surface area (Å²) in [5, 5.41) is 6.93. The van der Waals surface area contributed by atoms with Crippen molar-refractivity contribution in [2.24, 2.45) is 0 Å². The van der Waals surface area contributed by atoms with Crippen molar-refractivity contribution in [1.82, 2.24) is 0 Å². The van der Waals surface area contributed by atoms with Crippen LogP contribution in [0, 0.1) is 0 Å². The summed E-state index contributed by atoms with van der Waals surface area (Å²) < 4.78 is 7.26. The Bertz CT molecular complexity index is 622. The molecule has 164 valence electrons. The molecule has 2 rings (SSSR count). The number of benzene rings is 2. The number of hydrogen-bond donors (Lipinski definition) is 0. The molecular weight excluding hydrogens is 486 g/mol. The van der Waals surface area contributed by atoms with Gasteiger partial charge in [0.1, 0.15) is 0 Å². The molecule has 0 aliphatic carbocycles. The Balaban J connectivity index is 2.41. The molecule has 0 heterocycles.